The van der Waals surface area contributed by atoms with E-state index in [0.29, 0.717) is 11.4 Å². The van der Waals surface area contributed by atoms with Crippen LogP contribution in [0.2, 0.25) is 5.02 Å². The maximum Gasteiger partial charge on any atom is 0.422 e. The molecule has 0 saturated carbocycles. The molecule has 0 unspecified atom stereocenters. The van der Waals surface area contributed by atoms with Crippen molar-refractivity contribution in [2.24, 2.45) is 0 Å². The third-order valence-electron chi connectivity index (χ3n) is 1.94. The lowest BCUT2D eigenvalue weighted by Crippen LogP contribution is -2.30. The number of rotatable bonds is 4. The summed E-state index contributed by atoms with van der Waals surface area (Å²) in [5.41, 5.74) is 0.874. The van der Waals surface area contributed by atoms with Gasteiger partial charge in [0, 0.05) is 11.6 Å². The molecule has 7 heteroatoms. The van der Waals surface area contributed by atoms with Gasteiger partial charge in [0.2, 0.25) is 0 Å². The second-order valence-electron chi connectivity index (χ2n) is 3.50. The second-order valence-corrected chi connectivity index (χ2v) is 3.93. The maximum absolute atomic E-state index is 11.7. The standard InChI is InChI=1S/C11H11ClF3NO2/c12-9-3-1-2-8(6-9)4-5-16-10(17)18-7-11(13,14)15/h1-3,6H,4-5,7H2,(H,16,17). The Bertz CT molecular complexity index is 410. The molecule has 100 valence electrons. The largest absolute Gasteiger partial charge is 0.440 e. The van der Waals surface area contributed by atoms with Crippen LogP contribution in [0, 0.1) is 0 Å². The van der Waals surface area contributed by atoms with Crippen molar-refractivity contribution in [3.05, 3.63) is 34.9 Å². The van der Waals surface area contributed by atoms with Crippen molar-refractivity contribution < 1.29 is 22.7 Å². The first-order valence-corrected chi connectivity index (χ1v) is 5.46. The summed E-state index contributed by atoms with van der Waals surface area (Å²) in [6.07, 6.45) is -5.14. The van der Waals surface area contributed by atoms with Crippen molar-refractivity contribution in [3.8, 4) is 0 Å². The van der Waals surface area contributed by atoms with E-state index in [-0.39, 0.29) is 6.54 Å². The van der Waals surface area contributed by atoms with E-state index in [0.717, 1.165) is 5.56 Å². The Balaban J connectivity index is 2.23. The monoisotopic (exact) mass is 281 g/mol. The van der Waals surface area contributed by atoms with Crippen LogP contribution in [-0.4, -0.2) is 25.4 Å². The Kier molecular flexibility index (Phi) is 5.27. The fourth-order valence-corrected chi connectivity index (χ4v) is 1.41. The minimum atomic E-state index is -4.51. The summed E-state index contributed by atoms with van der Waals surface area (Å²) in [5.74, 6) is 0. The molecule has 0 bridgehead atoms. The molecule has 1 rings (SSSR count). The van der Waals surface area contributed by atoms with Crippen LogP contribution in [0.3, 0.4) is 0 Å². The molecule has 1 amide bonds. The van der Waals surface area contributed by atoms with Gasteiger partial charge in [0.25, 0.3) is 0 Å². The first kappa shape index (κ1) is 14.6. The zero-order valence-corrected chi connectivity index (χ0v) is 10.0. The number of halogens is 4. The SMILES string of the molecule is O=C(NCCc1cccc(Cl)c1)OCC(F)(F)F. The zero-order chi connectivity index (χ0) is 13.6. The van der Waals surface area contributed by atoms with Crippen LogP contribution < -0.4 is 5.32 Å². The fourth-order valence-electron chi connectivity index (χ4n) is 1.20. The Morgan fingerprint density at radius 1 is 1.39 bits per heavy atom. The lowest BCUT2D eigenvalue weighted by Gasteiger charge is -2.09. The average Bonchev–Trinajstić information content (AvgIpc) is 2.25. The Morgan fingerprint density at radius 2 is 2.11 bits per heavy atom. The number of hydrogen-bond donors (Lipinski definition) is 1. The van der Waals surface area contributed by atoms with E-state index in [2.05, 4.69) is 10.1 Å². The van der Waals surface area contributed by atoms with Crippen molar-refractivity contribution in [2.45, 2.75) is 12.6 Å². The smallest absolute Gasteiger partial charge is 0.422 e. The highest BCUT2D eigenvalue weighted by molar-refractivity contribution is 6.30. The number of carbonyl (C=O) groups is 1. The van der Waals surface area contributed by atoms with Gasteiger partial charge in [-0.2, -0.15) is 13.2 Å². The molecule has 1 N–H and O–H groups in total. The number of amides is 1. The van der Waals surface area contributed by atoms with E-state index in [9.17, 15) is 18.0 Å². The molecule has 0 radical (unpaired) electrons. The highest BCUT2D eigenvalue weighted by atomic mass is 35.5. The van der Waals surface area contributed by atoms with Crippen LogP contribution in [0.4, 0.5) is 18.0 Å². The predicted octanol–water partition coefficient (Wildman–Crippen LogP) is 3.17. The molecule has 0 fully saturated rings. The van der Waals surface area contributed by atoms with Crippen LogP contribution in [-0.2, 0) is 11.2 Å². The molecule has 0 saturated heterocycles. The van der Waals surface area contributed by atoms with E-state index < -0.39 is 18.9 Å². The van der Waals surface area contributed by atoms with Crippen molar-refractivity contribution in [3.63, 3.8) is 0 Å². The number of ether oxygens (including phenoxy) is 1. The van der Waals surface area contributed by atoms with Gasteiger partial charge in [-0.15, -0.1) is 0 Å². The summed E-state index contributed by atoms with van der Waals surface area (Å²) in [4.78, 5) is 10.9. The molecule has 0 heterocycles. The van der Waals surface area contributed by atoms with E-state index >= 15 is 0 Å². The van der Waals surface area contributed by atoms with Crippen LogP contribution in [0.1, 0.15) is 5.56 Å². The van der Waals surface area contributed by atoms with Gasteiger partial charge in [0.1, 0.15) is 0 Å². The molecular formula is C11H11ClF3NO2. The molecule has 3 nitrogen and oxygen atoms in total. The number of benzene rings is 1. The Morgan fingerprint density at radius 3 is 2.72 bits per heavy atom. The van der Waals surface area contributed by atoms with E-state index in [1.54, 1.807) is 24.3 Å². The highest BCUT2D eigenvalue weighted by Gasteiger charge is 2.29. The van der Waals surface area contributed by atoms with Gasteiger partial charge in [-0.1, -0.05) is 23.7 Å². The molecule has 1 aromatic carbocycles. The summed E-state index contributed by atoms with van der Waals surface area (Å²) in [7, 11) is 0. The van der Waals surface area contributed by atoms with Gasteiger partial charge < -0.3 is 10.1 Å². The van der Waals surface area contributed by atoms with Gasteiger partial charge in [-0.3, -0.25) is 0 Å². The molecule has 0 aliphatic heterocycles. The minimum absolute atomic E-state index is 0.178. The summed E-state index contributed by atoms with van der Waals surface area (Å²) in [6.45, 7) is -1.41. The molecule has 0 aromatic heterocycles. The first-order chi connectivity index (χ1) is 8.37. The lowest BCUT2D eigenvalue weighted by molar-refractivity contribution is -0.160. The van der Waals surface area contributed by atoms with Crippen molar-refractivity contribution in [1.82, 2.24) is 5.32 Å². The molecule has 0 aliphatic carbocycles. The van der Waals surface area contributed by atoms with Gasteiger partial charge >= 0.3 is 12.3 Å². The summed E-state index contributed by atoms with van der Waals surface area (Å²) < 4.78 is 39.2. The second kappa shape index (κ2) is 6.49. The normalized spacial score (nSPS) is 11.1. The van der Waals surface area contributed by atoms with Crippen LogP contribution in [0.25, 0.3) is 0 Å². The molecule has 0 atom stereocenters. The fraction of sp³-hybridized carbons (Fsp3) is 0.364. The van der Waals surface area contributed by atoms with Gasteiger partial charge in [-0.25, -0.2) is 4.79 Å². The Hall–Kier alpha value is -1.43. The minimum Gasteiger partial charge on any atom is -0.440 e. The highest BCUT2D eigenvalue weighted by Crippen LogP contribution is 2.14. The number of carbonyl (C=O) groups excluding carboxylic acids is 1. The number of alkyl halides is 3. The number of alkyl carbamates (subject to hydrolysis) is 1. The molecule has 1 aromatic rings. The number of nitrogens with one attached hydrogen (secondary N) is 1. The van der Waals surface area contributed by atoms with Crippen molar-refractivity contribution >= 4 is 17.7 Å². The predicted molar refractivity (Wildman–Crippen MR) is 60.6 cm³/mol. The van der Waals surface area contributed by atoms with E-state index in [4.69, 9.17) is 11.6 Å². The van der Waals surface area contributed by atoms with Crippen LogP contribution >= 0.6 is 11.6 Å². The topological polar surface area (TPSA) is 38.3 Å². The first-order valence-electron chi connectivity index (χ1n) is 5.08. The Labute approximate surface area is 107 Å². The van der Waals surface area contributed by atoms with Gasteiger partial charge in [0.15, 0.2) is 6.61 Å². The van der Waals surface area contributed by atoms with E-state index in [1.807, 2.05) is 0 Å². The quantitative estimate of drug-likeness (QED) is 0.920. The van der Waals surface area contributed by atoms with Gasteiger partial charge in [-0.05, 0) is 24.1 Å². The third-order valence-corrected chi connectivity index (χ3v) is 2.17. The summed E-state index contributed by atoms with van der Waals surface area (Å²) in [5, 5.41) is 2.78. The number of hydrogen-bond acceptors (Lipinski definition) is 2. The van der Waals surface area contributed by atoms with Crippen LogP contribution in [0.5, 0.6) is 0 Å². The zero-order valence-electron chi connectivity index (χ0n) is 9.26. The van der Waals surface area contributed by atoms with Gasteiger partial charge in [0.05, 0.1) is 0 Å². The summed E-state index contributed by atoms with van der Waals surface area (Å²) >= 11 is 5.75. The molecular weight excluding hydrogens is 271 g/mol. The average molecular weight is 282 g/mol. The lowest BCUT2D eigenvalue weighted by atomic mass is 10.1. The van der Waals surface area contributed by atoms with E-state index in [1.165, 1.54) is 0 Å². The van der Waals surface area contributed by atoms with Crippen molar-refractivity contribution in [2.75, 3.05) is 13.2 Å². The summed E-state index contributed by atoms with van der Waals surface area (Å²) in [6, 6.07) is 6.97. The molecule has 0 aliphatic rings. The van der Waals surface area contributed by atoms with Crippen molar-refractivity contribution in [1.29, 1.82) is 0 Å². The maximum atomic E-state index is 11.7. The molecule has 18 heavy (non-hydrogen) atoms. The van der Waals surface area contributed by atoms with Crippen LogP contribution in [0.15, 0.2) is 24.3 Å². The third kappa shape index (κ3) is 6.34. The molecule has 0 spiro atoms.